The van der Waals surface area contributed by atoms with Gasteiger partial charge in [0.2, 0.25) is 5.91 Å². The molecule has 1 heterocycles. The smallest absolute Gasteiger partial charge is 0.223 e. The number of benzene rings is 1. The van der Waals surface area contributed by atoms with Gasteiger partial charge in [-0.1, -0.05) is 29.8 Å². The van der Waals surface area contributed by atoms with Gasteiger partial charge in [0, 0.05) is 18.7 Å². The number of rotatable bonds is 7. The number of amides is 1. The maximum atomic E-state index is 12.4. The van der Waals surface area contributed by atoms with Gasteiger partial charge >= 0.3 is 0 Å². The number of aliphatic hydroxyl groups excluding tert-OH is 1. The second-order valence-corrected chi connectivity index (χ2v) is 5.50. The molecule has 2 N–H and O–H groups in total. The van der Waals surface area contributed by atoms with Crippen LogP contribution in [0.2, 0.25) is 0 Å². The highest BCUT2D eigenvalue weighted by Gasteiger charge is 2.15. The molecule has 2 rings (SSSR count). The molecule has 0 bridgehead atoms. The lowest BCUT2D eigenvalue weighted by molar-refractivity contribution is -0.132. The third-order valence-corrected chi connectivity index (χ3v) is 3.75. The van der Waals surface area contributed by atoms with Crippen molar-refractivity contribution in [2.24, 2.45) is 0 Å². The number of aromatic nitrogens is 2. The monoisotopic (exact) mass is 301 g/mol. The largest absolute Gasteiger partial charge is 0.395 e. The molecular formula is C17H23N3O2. The SMILES string of the molecule is Cc1ccc(CCC(=O)N(CCO)Cc2nc[nH]c2C)cc1. The number of nitrogens with zero attached hydrogens (tertiary/aromatic N) is 2. The Bertz CT molecular complexity index is 605. The van der Waals surface area contributed by atoms with E-state index in [9.17, 15) is 9.90 Å². The van der Waals surface area contributed by atoms with Gasteiger partial charge in [0.1, 0.15) is 0 Å². The van der Waals surface area contributed by atoms with Crippen molar-refractivity contribution in [3.63, 3.8) is 0 Å². The summed E-state index contributed by atoms with van der Waals surface area (Å²) in [6, 6.07) is 8.21. The van der Waals surface area contributed by atoms with Crippen LogP contribution in [0.15, 0.2) is 30.6 Å². The van der Waals surface area contributed by atoms with E-state index in [-0.39, 0.29) is 12.5 Å². The van der Waals surface area contributed by atoms with Gasteiger partial charge in [0.25, 0.3) is 0 Å². The van der Waals surface area contributed by atoms with Gasteiger partial charge in [-0.25, -0.2) is 4.98 Å². The summed E-state index contributed by atoms with van der Waals surface area (Å²) in [6.07, 6.45) is 2.77. The normalized spacial score (nSPS) is 10.7. The number of nitrogens with one attached hydrogen (secondary N) is 1. The molecule has 0 aliphatic heterocycles. The number of aromatic amines is 1. The first kappa shape index (κ1) is 16.2. The van der Waals surface area contributed by atoms with Crippen molar-refractivity contribution in [1.82, 2.24) is 14.9 Å². The molecule has 1 amide bonds. The Balaban J connectivity index is 1.94. The van der Waals surface area contributed by atoms with E-state index in [4.69, 9.17) is 0 Å². The molecule has 2 aromatic rings. The minimum Gasteiger partial charge on any atom is -0.395 e. The molecule has 0 saturated carbocycles. The van der Waals surface area contributed by atoms with Gasteiger partial charge in [-0.3, -0.25) is 4.79 Å². The Hall–Kier alpha value is -2.14. The summed E-state index contributed by atoms with van der Waals surface area (Å²) in [6.45, 7) is 4.70. The van der Waals surface area contributed by atoms with Gasteiger partial charge < -0.3 is 15.0 Å². The first-order valence-corrected chi connectivity index (χ1v) is 7.53. The maximum absolute atomic E-state index is 12.4. The molecule has 0 aliphatic rings. The molecule has 0 radical (unpaired) electrons. The Morgan fingerprint density at radius 1 is 1.27 bits per heavy atom. The molecule has 5 nitrogen and oxygen atoms in total. The highest BCUT2D eigenvalue weighted by molar-refractivity contribution is 5.76. The van der Waals surface area contributed by atoms with Crippen LogP contribution < -0.4 is 0 Å². The average molecular weight is 301 g/mol. The first-order valence-electron chi connectivity index (χ1n) is 7.53. The minimum atomic E-state index is -0.0419. The fourth-order valence-electron chi connectivity index (χ4n) is 2.30. The van der Waals surface area contributed by atoms with Gasteiger partial charge in [-0.05, 0) is 25.8 Å². The fraction of sp³-hybridized carbons (Fsp3) is 0.412. The van der Waals surface area contributed by atoms with Crippen LogP contribution in [0, 0.1) is 13.8 Å². The minimum absolute atomic E-state index is 0.0389. The predicted molar refractivity (Wildman–Crippen MR) is 85.3 cm³/mol. The summed E-state index contributed by atoms with van der Waals surface area (Å²) in [5.41, 5.74) is 4.16. The van der Waals surface area contributed by atoms with Crippen molar-refractivity contribution in [2.75, 3.05) is 13.2 Å². The number of hydrogen-bond donors (Lipinski definition) is 2. The van der Waals surface area contributed by atoms with Crippen LogP contribution in [-0.2, 0) is 17.8 Å². The highest BCUT2D eigenvalue weighted by atomic mass is 16.3. The second-order valence-electron chi connectivity index (χ2n) is 5.50. The third kappa shape index (κ3) is 4.43. The summed E-state index contributed by atoms with van der Waals surface area (Å²) in [5.74, 6) is 0.0389. The zero-order chi connectivity index (χ0) is 15.9. The van der Waals surface area contributed by atoms with Crippen molar-refractivity contribution in [1.29, 1.82) is 0 Å². The van der Waals surface area contributed by atoms with E-state index in [0.29, 0.717) is 25.9 Å². The molecule has 1 aromatic carbocycles. The molecular weight excluding hydrogens is 278 g/mol. The lowest BCUT2D eigenvalue weighted by Gasteiger charge is -2.21. The third-order valence-electron chi connectivity index (χ3n) is 3.75. The highest BCUT2D eigenvalue weighted by Crippen LogP contribution is 2.10. The molecule has 0 spiro atoms. The molecule has 0 fully saturated rings. The van der Waals surface area contributed by atoms with E-state index in [2.05, 4.69) is 34.2 Å². The number of carbonyl (C=O) groups is 1. The van der Waals surface area contributed by atoms with Crippen LogP contribution in [-0.4, -0.2) is 39.0 Å². The van der Waals surface area contributed by atoms with Crippen molar-refractivity contribution in [3.8, 4) is 0 Å². The number of aliphatic hydroxyl groups is 1. The molecule has 0 unspecified atom stereocenters. The number of H-pyrrole nitrogens is 1. The van der Waals surface area contributed by atoms with Crippen LogP contribution in [0.3, 0.4) is 0 Å². The molecule has 5 heteroatoms. The van der Waals surface area contributed by atoms with Gasteiger partial charge in [-0.2, -0.15) is 0 Å². The van der Waals surface area contributed by atoms with Crippen LogP contribution in [0.4, 0.5) is 0 Å². The van der Waals surface area contributed by atoms with E-state index in [1.54, 1.807) is 11.2 Å². The molecule has 0 saturated heterocycles. The number of aryl methyl sites for hydroxylation is 3. The first-order chi connectivity index (χ1) is 10.6. The standard InChI is InChI=1S/C17H23N3O2/c1-13-3-5-15(6-4-13)7-8-17(22)20(9-10-21)11-16-14(2)18-12-19-16/h3-6,12,21H,7-11H2,1-2H3,(H,18,19). The van der Waals surface area contributed by atoms with Crippen molar-refractivity contribution in [3.05, 3.63) is 53.1 Å². The van der Waals surface area contributed by atoms with Crippen molar-refractivity contribution >= 4 is 5.91 Å². The molecule has 0 atom stereocenters. The zero-order valence-corrected chi connectivity index (χ0v) is 13.2. The number of imidazole rings is 1. The molecule has 0 aliphatic carbocycles. The Kier molecular flexibility index (Phi) is 5.72. The van der Waals surface area contributed by atoms with Crippen LogP contribution in [0.25, 0.3) is 0 Å². The molecule has 118 valence electrons. The molecule has 22 heavy (non-hydrogen) atoms. The van der Waals surface area contributed by atoms with Gasteiger partial charge in [0.15, 0.2) is 0 Å². The van der Waals surface area contributed by atoms with Gasteiger partial charge in [0.05, 0.1) is 25.2 Å². The lowest BCUT2D eigenvalue weighted by Crippen LogP contribution is -2.33. The van der Waals surface area contributed by atoms with E-state index < -0.39 is 0 Å². The van der Waals surface area contributed by atoms with Crippen LogP contribution in [0.5, 0.6) is 0 Å². The van der Waals surface area contributed by atoms with Crippen LogP contribution >= 0.6 is 0 Å². The summed E-state index contributed by atoms with van der Waals surface area (Å²) < 4.78 is 0. The Morgan fingerprint density at radius 3 is 2.59 bits per heavy atom. The van der Waals surface area contributed by atoms with E-state index >= 15 is 0 Å². The fourth-order valence-corrected chi connectivity index (χ4v) is 2.30. The predicted octanol–water partition coefficient (Wildman–Crippen LogP) is 1.98. The van der Waals surface area contributed by atoms with Gasteiger partial charge in [-0.15, -0.1) is 0 Å². The molecule has 1 aromatic heterocycles. The number of hydrogen-bond acceptors (Lipinski definition) is 3. The summed E-state index contributed by atoms with van der Waals surface area (Å²) in [4.78, 5) is 21.3. The van der Waals surface area contributed by atoms with Crippen molar-refractivity contribution in [2.45, 2.75) is 33.2 Å². The Morgan fingerprint density at radius 2 is 2.00 bits per heavy atom. The average Bonchev–Trinajstić information content (AvgIpc) is 2.91. The summed E-state index contributed by atoms with van der Waals surface area (Å²) in [7, 11) is 0. The maximum Gasteiger partial charge on any atom is 0.223 e. The number of carbonyl (C=O) groups excluding carboxylic acids is 1. The second kappa shape index (κ2) is 7.75. The van der Waals surface area contributed by atoms with E-state index in [1.807, 2.05) is 13.8 Å². The van der Waals surface area contributed by atoms with Crippen LogP contribution in [0.1, 0.15) is 28.9 Å². The summed E-state index contributed by atoms with van der Waals surface area (Å²) in [5, 5.41) is 9.18. The topological polar surface area (TPSA) is 69.2 Å². The Labute approximate surface area is 131 Å². The lowest BCUT2D eigenvalue weighted by atomic mass is 10.1. The van der Waals surface area contributed by atoms with E-state index in [1.165, 1.54) is 5.56 Å². The van der Waals surface area contributed by atoms with Crippen molar-refractivity contribution < 1.29 is 9.90 Å². The quantitative estimate of drug-likeness (QED) is 0.821. The summed E-state index contributed by atoms with van der Waals surface area (Å²) >= 11 is 0. The van der Waals surface area contributed by atoms with E-state index in [0.717, 1.165) is 17.0 Å². The zero-order valence-electron chi connectivity index (χ0n) is 13.2.